The fourth-order valence-corrected chi connectivity index (χ4v) is 2.22. The van der Waals surface area contributed by atoms with Crippen molar-refractivity contribution in [3.63, 3.8) is 0 Å². The molecule has 2 N–H and O–H groups in total. The maximum Gasteiger partial charge on any atom is 0.274 e. The number of carbonyl (C=O) groups is 1. The van der Waals surface area contributed by atoms with Gasteiger partial charge in [0.1, 0.15) is 5.69 Å². The van der Waals surface area contributed by atoms with E-state index in [1.807, 2.05) is 12.1 Å². The first-order valence-electron chi connectivity index (χ1n) is 7.76. The SMILES string of the molecule is Cc1cc(C(=O)Nc2ccc(F)c(F)c2)nc(NCc2cccnc2)n1. The third-order valence-corrected chi connectivity index (χ3v) is 3.44. The van der Waals surface area contributed by atoms with Gasteiger partial charge in [-0.2, -0.15) is 0 Å². The van der Waals surface area contributed by atoms with Crippen molar-refractivity contribution in [2.24, 2.45) is 0 Å². The number of halogens is 2. The Morgan fingerprint density at radius 1 is 1.12 bits per heavy atom. The van der Waals surface area contributed by atoms with Crippen molar-refractivity contribution in [3.05, 3.63) is 77.4 Å². The molecule has 0 aliphatic heterocycles. The van der Waals surface area contributed by atoms with Crippen LogP contribution in [0, 0.1) is 18.6 Å². The molecule has 1 aromatic carbocycles. The second-order valence-electron chi connectivity index (χ2n) is 5.52. The van der Waals surface area contributed by atoms with Gasteiger partial charge in [-0.3, -0.25) is 9.78 Å². The van der Waals surface area contributed by atoms with Crippen molar-refractivity contribution in [2.75, 3.05) is 10.6 Å². The van der Waals surface area contributed by atoms with E-state index in [1.165, 1.54) is 12.1 Å². The molecule has 3 rings (SSSR count). The highest BCUT2D eigenvalue weighted by molar-refractivity contribution is 6.03. The minimum absolute atomic E-state index is 0.107. The van der Waals surface area contributed by atoms with Gasteiger partial charge < -0.3 is 10.6 Å². The monoisotopic (exact) mass is 355 g/mol. The highest BCUT2D eigenvalue weighted by atomic mass is 19.2. The number of nitrogens with one attached hydrogen (secondary N) is 2. The standard InChI is InChI=1S/C18H15F2N5O/c1-11-7-16(17(26)24-13-4-5-14(19)15(20)8-13)25-18(23-11)22-10-12-3-2-6-21-9-12/h2-9H,10H2,1H3,(H,24,26)(H,22,23,25). The molecule has 2 aromatic heterocycles. The van der Waals surface area contributed by atoms with Crippen LogP contribution in [0.2, 0.25) is 0 Å². The molecule has 132 valence electrons. The summed E-state index contributed by atoms with van der Waals surface area (Å²) in [5, 5.41) is 5.51. The second-order valence-corrected chi connectivity index (χ2v) is 5.52. The van der Waals surface area contributed by atoms with Gasteiger partial charge in [0.25, 0.3) is 5.91 Å². The number of hydrogen-bond donors (Lipinski definition) is 2. The van der Waals surface area contributed by atoms with E-state index in [4.69, 9.17) is 0 Å². The average molecular weight is 355 g/mol. The third kappa shape index (κ3) is 4.35. The first-order chi connectivity index (χ1) is 12.5. The maximum atomic E-state index is 13.3. The van der Waals surface area contributed by atoms with Crippen LogP contribution in [-0.2, 0) is 6.54 Å². The minimum Gasteiger partial charge on any atom is -0.350 e. The molecule has 0 unspecified atom stereocenters. The zero-order valence-electron chi connectivity index (χ0n) is 13.8. The Kier molecular flexibility index (Phi) is 5.12. The first-order valence-corrected chi connectivity index (χ1v) is 7.76. The summed E-state index contributed by atoms with van der Waals surface area (Å²) in [6.07, 6.45) is 3.38. The van der Waals surface area contributed by atoms with Crippen LogP contribution in [0.15, 0.2) is 48.8 Å². The van der Waals surface area contributed by atoms with Gasteiger partial charge in [0.05, 0.1) is 0 Å². The largest absolute Gasteiger partial charge is 0.350 e. The van der Waals surface area contributed by atoms with Crippen LogP contribution >= 0.6 is 0 Å². The van der Waals surface area contributed by atoms with E-state index in [-0.39, 0.29) is 17.3 Å². The van der Waals surface area contributed by atoms with E-state index in [0.29, 0.717) is 12.2 Å². The number of aryl methyl sites for hydroxylation is 1. The summed E-state index contributed by atoms with van der Waals surface area (Å²) in [5.41, 5.74) is 1.76. The van der Waals surface area contributed by atoms with E-state index >= 15 is 0 Å². The minimum atomic E-state index is -1.04. The lowest BCUT2D eigenvalue weighted by Gasteiger charge is -2.09. The molecule has 0 saturated carbocycles. The predicted molar refractivity (Wildman–Crippen MR) is 92.6 cm³/mol. The van der Waals surface area contributed by atoms with Gasteiger partial charge in [-0.05, 0) is 36.8 Å². The lowest BCUT2D eigenvalue weighted by atomic mass is 10.2. The highest BCUT2D eigenvalue weighted by Gasteiger charge is 2.12. The van der Waals surface area contributed by atoms with E-state index < -0.39 is 17.5 Å². The van der Waals surface area contributed by atoms with Gasteiger partial charge in [-0.1, -0.05) is 6.07 Å². The summed E-state index contributed by atoms with van der Waals surface area (Å²) >= 11 is 0. The molecular weight excluding hydrogens is 340 g/mol. The number of aromatic nitrogens is 3. The van der Waals surface area contributed by atoms with Crippen LogP contribution in [0.1, 0.15) is 21.7 Å². The topological polar surface area (TPSA) is 79.8 Å². The molecule has 6 nitrogen and oxygen atoms in total. The molecule has 1 amide bonds. The summed E-state index contributed by atoms with van der Waals surface area (Å²) in [6.45, 7) is 2.17. The Hall–Kier alpha value is -3.42. The molecule has 0 saturated heterocycles. The van der Waals surface area contributed by atoms with Crippen LogP contribution in [0.5, 0.6) is 0 Å². The molecule has 3 aromatic rings. The predicted octanol–water partition coefficient (Wildman–Crippen LogP) is 3.32. The van der Waals surface area contributed by atoms with Crippen molar-refractivity contribution in [3.8, 4) is 0 Å². The van der Waals surface area contributed by atoms with Crippen molar-refractivity contribution in [1.82, 2.24) is 15.0 Å². The van der Waals surface area contributed by atoms with Gasteiger partial charge in [0.2, 0.25) is 5.95 Å². The van der Waals surface area contributed by atoms with Crippen LogP contribution in [0.25, 0.3) is 0 Å². The summed E-state index contributed by atoms with van der Waals surface area (Å²) in [7, 11) is 0. The quantitative estimate of drug-likeness (QED) is 0.734. The molecule has 2 heterocycles. The lowest BCUT2D eigenvalue weighted by molar-refractivity contribution is 0.102. The molecule has 0 spiro atoms. The fraction of sp³-hybridized carbons (Fsp3) is 0.111. The van der Waals surface area contributed by atoms with E-state index in [0.717, 1.165) is 17.7 Å². The van der Waals surface area contributed by atoms with Crippen molar-refractivity contribution in [1.29, 1.82) is 0 Å². The zero-order chi connectivity index (χ0) is 18.5. The van der Waals surface area contributed by atoms with Crippen LogP contribution < -0.4 is 10.6 Å². The van der Waals surface area contributed by atoms with E-state index in [9.17, 15) is 13.6 Å². The van der Waals surface area contributed by atoms with E-state index in [2.05, 4.69) is 25.6 Å². The first kappa shape index (κ1) is 17.4. The Balaban J connectivity index is 1.73. The number of rotatable bonds is 5. The molecule has 0 radical (unpaired) electrons. The number of pyridine rings is 1. The van der Waals surface area contributed by atoms with Crippen molar-refractivity contribution in [2.45, 2.75) is 13.5 Å². The normalized spacial score (nSPS) is 10.4. The average Bonchev–Trinajstić information content (AvgIpc) is 2.63. The van der Waals surface area contributed by atoms with Gasteiger partial charge in [0, 0.05) is 36.4 Å². The number of carbonyl (C=O) groups excluding carboxylic acids is 1. The van der Waals surface area contributed by atoms with Gasteiger partial charge in [-0.15, -0.1) is 0 Å². The Morgan fingerprint density at radius 2 is 1.96 bits per heavy atom. The van der Waals surface area contributed by atoms with E-state index in [1.54, 1.807) is 19.3 Å². The lowest BCUT2D eigenvalue weighted by Crippen LogP contribution is -2.16. The smallest absolute Gasteiger partial charge is 0.274 e. The molecule has 0 aliphatic carbocycles. The number of amides is 1. The fourth-order valence-electron chi connectivity index (χ4n) is 2.22. The number of nitrogens with zero attached hydrogens (tertiary/aromatic N) is 3. The van der Waals surface area contributed by atoms with Crippen molar-refractivity contribution < 1.29 is 13.6 Å². The summed E-state index contributed by atoms with van der Waals surface area (Å²) in [4.78, 5) is 24.7. The highest BCUT2D eigenvalue weighted by Crippen LogP contribution is 2.15. The Labute approximate surface area is 148 Å². The van der Waals surface area contributed by atoms with Crippen LogP contribution in [0.3, 0.4) is 0 Å². The summed E-state index contributed by atoms with van der Waals surface area (Å²) in [5.74, 6) is -2.29. The Bertz CT molecular complexity index is 934. The second kappa shape index (κ2) is 7.64. The molecule has 0 atom stereocenters. The summed E-state index contributed by atoms with van der Waals surface area (Å²) < 4.78 is 26.2. The molecule has 26 heavy (non-hydrogen) atoms. The third-order valence-electron chi connectivity index (χ3n) is 3.44. The van der Waals surface area contributed by atoms with Gasteiger partial charge >= 0.3 is 0 Å². The number of benzene rings is 1. The summed E-state index contributed by atoms with van der Waals surface area (Å²) in [6, 6.07) is 8.33. The molecule has 0 fully saturated rings. The van der Waals surface area contributed by atoms with Crippen LogP contribution in [-0.4, -0.2) is 20.9 Å². The number of anilines is 2. The van der Waals surface area contributed by atoms with Gasteiger partial charge in [0.15, 0.2) is 11.6 Å². The molecule has 8 heteroatoms. The number of hydrogen-bond acceptors (Lipinski definition) is 5. The van der Waals surface area contributed by atoms with Crippen LogP contribution in [0.4, 0.5) is 20.4 Å². The molecular formula is C18H15F2N5O. The maximum absolute atomic E-state index is 13.3. The molecule has 0 aliphatic rings. The molecule has 0 bridgehead atoms. The zero-order valence-corrected chi connectivity index (χ0v) is 13.8. The Morgan fingerprint density at radius 3 is 2.69 bits per heavy atom. The van der Waals surface area contributed by atoms with Gasteiger partial charge in [-0.25, -0.2) is 18.7 Å². The van der Waals surface area contributed by atoms with Crippen molar-refractivity contribution >= 4 is 17.5 Å².